The normalized spacial score (nSPS) is 10.7. The van der Waals surface area contributed by atoms with Gasteiger partial charge in [0, 0.05) is 10.6 Å². The van der Waals surface area contributed by atoms with Crippen LogP contribution in [0.15, 0.2) is 48.5 Å². The molecule has 0 saturated carbocycles. The second-order valence-electron chi connectivity index (χ2n) is 4.74. The van der Waals surface area contributed by atoms with Crippen LogP contribution in [0.1, 0.15) is 10.5 Å². The number of nitrogens with zero attached hydrogens (tertiary/aromatic N) is 2. The molecule has 1 aromatic heterocycles. The number of carboxylic acids is 1. The summed E-state index contributed by atoms with van der Waals surface area (Å²) in [6.45, 7) is 0. The molecule has 116 valence electrons. The lowest BCUT2D eigenvalue weighted by Crippen LogP contribution is -2.02. The lowest BCUT2D eigenvalue weighted by molar-refractivity contribution is 0.0690. The van der Waals surface area contributed by atoms with Crippen molar-refractivity contribution in [3.63, 3.8) is 0 Å². The minimum absolute atomic E-state index is 0.0777. The molecule has 0 aliphatic rings. The number of carbonyl (C=O) groups is 1. The summed E-state index contributed by atoms with van der Waals surface area (Å²) in [7, 11) is 0. The zero-order valence-electron chi connectivity index (χ0n) is 11.5. The van der Waals surface area contributed by atoms with Crippen LogP contribution < -0.4 is 0 Å². The van der Waals surface area contributed by atoms with E-state index in [0.29, 0.717) is 32.0 Å². The molecule has 1 N–H and O–H groups in total. The zero-order chi connectivity index (χ0) is 16.6. The number of hydrogen-bond donors (Lipinski definition) is 1. The highest BCUT2D eigenvalue weighted by Crippen LogP contribution is 2.30. The maximum Gasteiger partial charge on any atom is 0.356 e. The summed E-state index contributed by atoms with van der Waals surface area (Å²) in [6.07, 6.45) is 0. The molecule has 0 spiro atoms. The number of hydrogen-bond acceptors (Lipinski definition) is 2. The maximum absolute atomic E-state index is 11.3. The van der Waals surface area contributed by atoms with E-state index in [4.69, 9.17) is 34.8 Å². The van der Waals surface area contributed by atoms with E-state index in [1.807, 2.05) is 0 Å². The third kappa shape index (κ3) is 3.20. The summed E-state index contributed by atoms with van der Waals surface area (Å²) < 4.78 is 1.51. The molecule has 3 aromatic rings. The highest BCUT2D eigenvalue weighted by atomic mass is 35.5. The molecule has 0 saturated heterocycles. The van der Waals surface area contributed by atoms with Gasteiger partial charge in [0.25, 0.3) is 0 Å². The minimum atomic E-state index is -1.12. The second-order valence-corrected chi connectivity index (χ2v) is 5.99. The zero-order valence-corrected chi connectivity index (χ0v) is 13.8. The van der Waals surface area contributed by atoms with Crippen molar-refractivity contribution in [2.45, 2.75) is 0 Å². The fourth-order valence-electron chi connectivity index (χ4n) is 2.15. The number of aromatic nitrogens is 2. The first-order valence-corrected chi connectivity index (χ1v) is 7.64. The number of rotatable bonds is 3. The van der Waals surface area contributed by atoms with Gasteiger partial charge in [-0.2, -0.15) is 5.10 Å². The van der Waals surface area contributed by atoms with Gasteiger partial charge >= 0.3 is 5.97 Å². The van der Waals surface area contributed by atoms with Crippen LogP contribution in [0.3, 0.4) is 0 Å². The van der Waals surface area contributed by atoms with Crippen LogP contribution >= 0.6 is 34.8 Å². The van der Waals surface area contributed by atoms with Crippen LogP contribution in [0.25, 0.3) is 16.9 Å². The van der Waals surface area contributed by atoms with E-state index in [2.05, 4.69) is 5.10 Å². The van der Waals surface area contributed by atoms with E-state index < -0.39 is 5.97 Å². The number of halogens is 3. The first-order chi connectivity index (χ1) is 11.0. The fourth-order valence-corrected chi connectivity index (χ4v) is 2.63. The van der Waals surface area contributed by atoms with Crippen molar-refractivity contribution in [3.05, 3.63) is 69.3 Å². The van der Waals surface area contributed by atoms with Gasteiger partial charge in [-0.25, -0.2) is 9.48 Å². The van der Waals surface area contributed by atoms with E-state index in [-0.39, 0.29) is 5.69 Å². The summed E-state index contributed by atoms with van der Waals surface area (Å²) in [5, 5.41) is 14.7. The summed E-state index contributed by atoms with van der Waals surface area (Å²) in [5.74, 6) is -1.12. The maximum atomic E-state index is 11.3. The van der Waals surface area contributed by atoms with E-state index in [0.717, 1.165) is 0 Å². The summed E-state index contributed by atoms with van der Waals surface area (Å²) in [4.78, 5) is 11.3. The molecule has 3 rings (SSSR count). The first kappa shape index (κ1) is 15.9. The van der Waals surface area contributed by atoms with Gasteiger partial charge in [-0.05, 0) is 36.4 Å². The van der Waals surface area contributed by atoms with Gasteiger partial charge < -0.3 is 5.11 Å². The van der Waals surface area contributed by atoms with Gasteiger partial charge in [0.1, 0.15) is 0 Å². The SMILES string of the molecule is O=C(O)c1cc(-c2ccc(Cl)c(Cl)c2)n(-c2cccc(Cl)c2)n1. The van der Waals surface area contributed by atoms with E-state index in [9.17, 15) is 9.90 Å². The van der Waals surface area contributed by atoms with Gasteiger partial charge in [0.2, 0.25) is 0 Å². The molecular weight excluding hydrogens is 359 g/mol. The molecule has 2 aromatic carbocycles. The number of aromatic carboxylic acids is 1. The predicted octanol–water partition coefficient (Wildman–Crippen LogP) is 5.20. The Hall–Kier alpha value is -2.01. The predicted molar refractivity (Wildman–Crippen MR) is 91.0 cm³/mol. The van der Waals surface area contributed by atoms with Crippen molar-refractivity contribution in [3.8, 4) is 16.9 Å². The van der Waals surface area contributed by atoms with Crippen LogP contribution in [-0.2, 0) is 0 Å². The van der Waals surface area contributed by atoms with E-state index in [1.54, 1.807) is 42.5 Å². The largest absolute Gasteiger partial charge is 0.476 e. The molecule has 7 heteroatoms. The van der Waals surface area contributed by atoms with Gasteiger partial charge in [-0.1, -0.05) is 46.9 Å². The molecule has 23 heavy (non-hydrogen) atoms. The van der Waals surface area contributed by atoms with Crippen molar-refractivity contribution in [2.75, 3.05) is 0 Å². The molecule has 0 radical (unpaired) electrons. The Labute approximate surface area is 146 Å². The number of benzene rings is 2. The number of carboxylic acid groups (broad SMARTS) is 1. The van der Waals surface area contributed by atoms with Crippen LogP contribution in [-0.4, -0.2) is 20.9 Å². The van der Waals surface area contributed by atoms with Crippen molar-refractivity contribution in [1.82, 2.24) is 9.78 Å². The third-order valence-corrected chi connectivity index (χ3v) is 4.17. The Kier molecular flexibility index (Phi) is 4.31. The Morgan fingerprint density at radius 3 is 2.43 bits per heavy atom. The first-order valence-electron chi connectivity index (χ1n) is 6.50. The third-order valence-electron chi connectivity index (χ3n) is 3.20. The fraction of sp³-hybridized carbons (Fsp3) is 0. The molecule has 0 aliphatic carbocycles. The standard InChI is InChI=1S/C16H9Cl3N2O2/c17-10-2-1-3-11(7-10)21-15(8-14(20-21)16(22)23)9-4-5-12(18)13(19)6-9/h1-8H,(H,22,23). The van der Waals surface area contributed by atoms with Gasteiger partial charge in [-0.15, -0.1) is 0 Å². The van der Waals surface area contributed by atoms with E-state index >= 15 is 0 Å². The summed E-state index contributed by atoms with van der Waals surface area (Å²) >= 11 is 18.0. The van der Waals surface area contributed by atoms with Crippen LogP contribution in [0.2, 0.25) is 15.1 Å². The van der Waals surface area contributed by atoms with Crippen molar-refractivity contribution < 1.29 is 9.90 Å². The van der Waals surface area contributed by atoms with Crippen molar-refractivity contribution in [2.24, 2.45) is 0 Å². The molecule has 0 aliphatic heterocycles. The Morgan fingerprint density at radius 1 is 1.00 bits per heavy atom. The lowest BCUT2D eigenvalue weighted by Gasteiger charge is -2.08. The summed E-state index contributed by atoms with van der Waals surface area (Å²) in [5.41, 5.74) is 1.83. The van der Waals surface area contributed by atoms with E-state index in [1.165, 1.54) is 10.7 Å². The Bertz CT molecular complexity index is 906. The second kappa shape index (κ2) is 6.24. The molecule has 0 fully saturated rings. The lowest BCUT2D eigenvalue weighted by atomic mass is 10.1. The topological polar surface area (TPSA) is 55.1 Å². The van der Waals surface area contributed by atoms with Crippen LogP contribution in [0.5, 0.6) is 0 Å². The molecule has 0 amide bonds. The highest BCUT2D eigenvalue weighted by Gasteiger charge is 2.16. The molecule has 4 nitrogen and oxygen atoms in total. The van der Waals surface area contributed by atoms with Crippen LogP contribution in [0.4, 0.5) is 0 Å². The van der Waals surface area contributed by atoms with Crippen molar-refractivity contribution in [1.29, 1.82) is 0 Å². The van der Waals surface area contributed by atoms with Gasteiger partial charge in [-0.3, -0.25) is 0 Å². The van der Waals surface area contributed by atoms with Gasteiger partial charge in [0.05, 0.1) is 21.4 Å². The summed E-state index contributed by atoms with van der Waals surface area (Å²) in [6, 6.07) is 13.5. The molecule has 0 bridgehead atoms. The highest BCUT2D eigenvalue weighted by molar-refractivity contribution is 6.42. The molecule has 0 atom stereocenters. The Morgan fingerprint density at radius 2 is 1.78 bits per heavy atom. The monoisotopic (exact) mass is 366 g/mol. The molecular formula is C16H9Cl3N2O2. The smallest absolute Gasteiger partial charge is 0.356 e. The van der Waals surface area contributed by atoms with Crippen molar-refractivity contribution >= 4 is 40.8 Å². The molecule has 0 unspecified atom stereocenters. The van der Waals surface area contributed by atoms with Gasteiger partial charge in [0.15, 0.2) is 5.69 Å². The Balaban J connectivity index is 2.22. The van der Waals surface area contributed by atoms with Crippen LogP contribution in [0, 0.1) is 0 Å². The average molecular weight is 368 g/mol. The quantitative estimate of drug-likeness (QED) is 0.692. The average Bonchev–Trinajstić information content (AvgIpc) is 2.95. The molecule has 1 heterocycles. The minimum Gasteiger partial charge on any atom is -0.476 e.